The fraction of sp³-hybridized carbons (Fsp3) is 0.806. The van der Waals surface area contributed by atoms with Crippen molar-refractivity contribution in [2.75, 3.05) is 6.61 Å². The highest BCUT2D eigenvalue weighted by atomic mass is 16.5. The van der Waals surface area contributed by atoms with Crippen molar-refractivity contribution in [3.05, 3.63) is 24.0 Å². The molecule has 0 rings (SSSR count). The fourth-order valence-electron chi connectivity index (χ4n) is 4.56. The van der Waals surface area contributed by atoms with Gasteiger partial charge in [-0.25, -0.2) is 9.59 Å². The number of hydrogen-bond acceptors (Lipinski definition) is 4. The summed E-state index contributed by atoms with van der Waals surface area (Å²) in [6.45, 7) is 14.5. The third-order valence-corrected chi connectivity index (χ3v) is 7.15. The molecule has 0 N–H and O–H groups in total. The molecule has 0 amide bonds. The van der Waals surface area contributed by atoms with Gasteiger partial charge in [-0.05, 0) is 31.6 Å². The molecule has 0 aliphatic rings. The van der Waals surface area contributed by atoms with E-state index in [-0.39, 0.29) is 5.97 Å². The lowest BCUT2D eigenvalue weighted by molar-refractivity contribution is -0.139. The molecule has 0 aromatic rings. The van der Waals surface area contributed by atoms with E-state index in [4.69, 9.17) is 9.47 Å². The van der Waals surface area contributed by atoms with Crippen molar-refractivity contribution < 1.29 is 19.1 Å². The molecular weight excluding hydrogens is 436 g/mol. The molecule has 2 atom stereocenters. The van der Waals surface area contributed by atoms with Gasteiger partial charge in [0.25, 0.3) is 0 Å². The molecule has 35 heavy (non-hydrogen) atoms. The Kier molecular flexibility index (Phi) is 21.8. The van der Waals surface area contributed by atoms with Gasteiger partial charge in [0.05, 0.1) is 12.2 Å². The zero-order valence-corrected chi connectivity index (χ0v) is 23.8. The first-order valence-corrected chi connectivity index (χ1v) is 14.6. The van der Waals surface area contributed by atoms with Crippen LogP contribution in [0.15, 0.2) is 24.0 Å². The number of esters is 2. The molecule has 204 valence electrons. The Morgan fingerprint density at radius 1 is 0.743 bits per heavy atom. The van der Waals surface area contributed by atoms with Crippen LogP contribution in [0.25, 0.3) is 0 Å². The van der Waals surface area contributed by atoms with Crippen LogP contribution in [-0.4, -0.2) is 18.5 Å². The van der Waals surface area contributed by atoms with E-state index in [2.05, 4.69) is 34.3 Å². The van der Waals surface area contributed by atoms with Gasteiger partial charge >= 0.3 is 11.9 Å². The molecule has 2 unspecified atom stereocenters. The highest BCUT2D eigenvalue weighted by Crippen LogP contribution is 2.28. The Balaban J connectivity index is 4.64. The standard InChI is InChI=1S/C31H56O4/c1-7-12-13-14-15-16-17-18-19-20-24-34-31(33)26(6)29(35-30(32)11-5)25-28(10-4)23-22-27(9-3)21-8-2/h11,27-28H,5,7-10,12-25H2,1-4,6H3. The first-order valence-electron chi connectivity index (χ1n) is 14.6. The Hall–Kier alpha value is -1.58. The predicted octanol–water partition coefficient (Wildman–Crippen LogP) is 9.48. The minimum atomic E-state index is -0.519. The summed E-state index contributed by atoms with van der Waals surface area (Å²) in [6, 6.07) is 0. The van der Waals surface area contributed by atoms with Crippen molar-refractivity contribution >= 4 is 11.9 Å². The monoisotopic (exact) mass is 492 g/mol. The van der Waals surface area contributed by atoms with Gasteiger partial charge in [-0.1, -0.05) is 124 Å². The van der Waals surface area contributed by atoms with E-state index in [0.717, 1.165) is 37.7 Å². The average molecular weight is 493 g/mol. The van der Waals surface area contributed by atoms with Gasteiger partial charge in [-0.2, -0.15) is 0 Å². The smallest absolute Gasteiger partial charge is 0.337 e. The topological polar surface area (TPSA) is 52.6 Å². The summed E-state index contributed by atoms with van der Waals surface area (Å²) in [5, 5.41) is 0. The van der Waals surface area contributed by atoms with Gasteiger partial charge in [0, 0.05) is 12.5 Å². The molecule has 4 heteroatoms. The van der Waals surface area contributed by atoms with E-state index in [1.165, 1.54) is 77.0 Å². The Morgan fingerprint density at radius 3 is 1.80 bits per heavy atom. The number of allylic oxidation sites excluding steroid dienone is 1. The summed E-state index contributed by atoms with van der Waals surface area (Å²) in [6.07, 6.45) is 21.0. The molecule has 0 spiro atoms. The van der Waals surface area contributed by atoms with Crippen molar-refractivity contribution in [1.82, 2.24) is 0 Å². The zero-order chi connectivity index (χ0) is 26.3. The molecule has 0 bridgehead atoms. The predicted molar refractivity (Wildman–Crippen MR) is 148 cm³/mol. The quantitative estimate of drug-likeness (QED) is 0.0616. The number of unbranched alkanes of at least 4 members (excludes halogenated alkanes) is 9. The van der Waals surface area contributed by atoms with Crippen LogP contribution in [0.3, 0.4) is 0 Å². The van der Waals surface area contributed by atoms with E-state index in [1.807, 2.05) is 0 Å². The molecule has 0 aromatic heterocycles. The van der Waals surface area contributed by atoms with Gasteiger partial charge in [-0.15, -0.1) is 0 Å². The first kappa shape index (κ1) is 33.4. The van der Waals surface area contributed by atoms with Crippen molar-refractivity contribution in [3.63, 3.8) is 0 Å². The molecule has 0 heterocycles. The van der Waals surface area contributed by atoms with E-state index in [9.17, 15) is 9.59 Å². The summed E-state index contributed by atoms with van der Waals surface area (Å²) in [5.41, 5.74) is 0.409. The molecule has 0 saturated heterocycles. The Labute approximate surface area is 217 Å². The largest absolute Gasteiger partial charge is 0.462 e. The van der Waals surface area contributed by atoms with Crippen LogP contribution in [-0.2, 0) is 19.1 Å². The van der Waals surface area contributed by atoms with Crippen LogP contribution in [0.4, 0.5) is 0 Å². The molecular formula is C31H56O4. The van der Waals surface area contributed by atoms with Gasteiger partial charge < -0.3 is 9.47 Å². The molecule has 0 aromatic carbocycles. The van der Waals surface area contributed by atoms with Gasteiger partial charge in [-0.3, -0.25) is 0 Å². The molecule has 0 fully saturated rings. The Morgan fingerprint density at radius 2 is 1.29 bits per heavy atom. The van der Waals surface area contributed by atoms with Crippen LogP contribution < -0.4 is 0 Å². The van der Waals surface area contributed by atoms with Crippen molar-refractivity contribution in [2.45, 2.75) is 144 Å². The third kappa shape index (κ3) is 17.5. The first-order chi connectivity index (χ1) is 16.9. The lowest BCUT2D eigenvalue weighted by Crippen LogP contribution is -2.15. The number of ether oxygens (including phenoxy) is 2. The van der Waals surface area contributed by atoms with E-state index in [0.29, 0.717) is 30.3 Å². The summed E-state index contributed by atoms with van der Waals surface area (Å²) in [7, 11) is 0. The number of carbonyl (C=O) groups excluding carboxylic acids is 2. The maximum absolute atomic E-state index is 12.7. The minimum absolute atomic E-state index is 0.373. The van der Waals surface area contributed by atoms with Gasteiger partial charge in [0.2, 0.25) is 0 Å². The maximum atomic E-state index is 12.7. The Bertz CT molecular complexity index is 593. The maximum Gasteiger partial charge on any atom is 0.337 e. The van der Waals surface area contributed by atoms with Crippen LogP contribution in [0.5, 0.6) is 0 Å². The van der Waals surface area contributed by atoms with Crippen LogP contribution in [0.1, 0.15) is 144 Å². The van der Waals surface area contributed by atoms with Crippen molar-refractivity contribution in [2.24, 2.45) is 11.8 Å². The minimum Gasteiger partial charge on any atom is -0.462 e. The van der Waals surface area contributed by atoms with Gasteiger partial charge in [0.1, 0.15) is 5.76 Å². The zero-order valence-electron chi connectivity index (χ0n) is 23.8. The SMILES string of the molecule is C=CC(=O)OC(CC(CC)CCC(CC)CCC)=C(C)C(=O)OCCCCCCCCCCCC. The van der Waals surface area contributed by atoms with Crippen LogP contribution in [0, 0.1) is 11.8 Å². The van der Waals surface area contributed by atoms with Crippen LogP contribution >= 0.6 is 0 Å². The lowest BCUT2D eigenvalue weighted by atomic mass is 9.87. The summed E-state index contributed by atoms with van der Waals surface area (Å²) in [4.78, 5) is 24.6. The lowest BCUT2D eigenvalue weighted by Gasteiger charge is -2.21. The average Bonchev–Trinajstić information content (AvgIpc) is 2.87. The summed E-state index contributed by atoms with van der Waals surface area (Å²) >= 11 is 0. The summed E-state index contributed by atoms with van der Waals surface area (Å²) < 4.78 is 11.0. The number of rotatable bonds is 23. The number of carbonyl (C=O) groups is 2. The van der Waals surface area contributed by atoms with Crippen molar-refractivity contribution in [3.8, 4) is 0 Å². The molecule has 0 aliphatic heterocycles. The second-order valence-electron chi connectivity index (χ2n) is 10.1. The molecule has 4 nitrogen and oxygen atoms in total. The van der Waals surface area contributed by atoms with E-state index < -0.39 is 5.97 Å². The highest BCUT2D eigenvalue weighted by Gasteiger charge is 2.20. The third-order valence-electron chi connectivity index (χ3n) is 7.15. The normalized spacial score (nSPS) is 13.6. The second kappa shape index (κ2) is 22.9. The van der Waals surface area contributed by atoms with E-state index >= 15 is 0 Å². The van der Waals surface area contributed by atoms with Crippen molar-refractivity contribution in [1.29, 1.82) is 0 Å². The summed E-state index contributed by atoms with van der Waals surface area (Å²) in [5.74, 6) is 0.662. The highest BCUT2D eigenvalue weighted by molar-refractivity contribution is 5.89. The van der Waals surface area contributed by atoms with Crippen LogP contribution in [0.2, 0.25) is 0 Å². The molecule has 0 aliphatic carbocycles. The molecule has 0 radical (unpaired) electrons. The molecule has 0 saturated carbocycles. The second-order valence-corrected chi connectivity index (χ2v) is 10.1. The van der Waals surface area contributed by atoms with Gasteiger partial charge in [0.15, 0.2) is 0 Å². The number of hydrogen-bond donors (Lipinski definition) is 0. The fourth-order valence-corrected chi connectivity index (χ4v) is 4.56. The van der Waals surface area contributed by atoms with E-state index in [1.54, 1.807) is 6.92 Å².